The smallest absolute Gasteiger partial charge is 0.336 e. The lowest BCUT2D eigenvalue weighted by Gasteiger charge is -2.30. The van der Waals surface area contributed by atoms with Crippen LogP contribution >= 0.6 is 0 Å². The van der Waals surface area contributed by atoms with Gasteiger partial charge in [-0.15, -0.1) is 0 Å². The topological polar surface area (TPSA) is 73.7 Å². The van der Waals surface area contributed by atoms with Gasteiger partial charge in [-0.1, -0.05) is 0 Å². The molecule has 1 aromatic rings. The number of hydrogen-bond donors (Lipinski definition) is 0. The van der Waals surface area contributed by atoms with Gasteiger partial charge in [-0.25, -0.2) is 4.79 Å². The number of carbonyl (C=O) groups is 2. The highest BCUT2D eigenvalue weighted by Gasteiger charge is 2.28. The second-order valence-electron chi connectivity index (χ2n) is 4.45. The molecule has 2 heterocycles. The molecule has 2 rings (SSSR count). The molecule has 0 aromatic carbocycles. The second kappa shape index (κ2) is 6.33. The van der Waals surface area contributed by atoms with Crippen molar-refractivity contribution in [2.24, 2.45) is 7.05 Å². The predicted molar refractivity (Wildman–Crippen MR) is 70.6 cm³/mol. The van der Waals surface area contributed by atoms with Gasteiger partial charge >= 0.3 is 5.97 Å². The molecule has 20 heavy (non-hydrogen) atoms. The van der Waals surface area contributed by atoms with Crippen molar-refractivity contribution in [2.75, 3.05) is 26.8 Å². The molecule has 1 unspecified atom stereocenters. The van der Waals surface area contributed by atoms with Gasteiger partial charge in [0.2, 0.25) is 5.91 Å². The van der Waals surface area contributed by atoms with E-state index in [1.165, 1.54) is 13.2 Å². The first-order valence-corrected chi connectivity index (χ1v) is 6.25. The summed E-state index contributed by atoms with van der Waals surface area (Å²) >= 11 is 0. The number of amides is 1. The molecule has 1 aliphatic rings. The van der Waals surface area contributed by atoms with E-state index in [-0.39, 0.29) is 12.5 Å². The Morgan fingerprint density at radius 1 is 1.55 bits per heavy atom. The molecule has 1 saturated heterocycles. The Morgan fingerprint density at radius 3 is 3.00 bits per heavy atom. The molecule has 1 aliphatic heterocycles. The molecule has 0 radical (unpaired) electrons. The van der Waals surface area contributed by atoms with Crippen LogP contribution in [0.3, 0.4) is 0 Å². The van der Waals surface area contributed by atoms with Crippen molar-refractivity contribution < 1.29 is 19.1 Å². The molecule has 0 saturated carbocycles. The first kappa shape index (κ1) is 14.3. The monoisotopic (exact) mass is 279 g/mol. The van der Waals surface area contributed by atoms with Crippen molar-refractivity contribution >= 4 is 18.0 Å². The van der Waals surface area contributed by atoms with Gasteiger partial charge in [-0.05, 0) is 6.08 Å². The fourth-order valence-electron chi connectivity index (χ4n) is 1.92. The largest absolute Gasteiger partial charge is 0.467 e. The first-order valence-electron chi connectivity index (χ1n) is 6.25. The fourth-order valence-corrected chi connectivity index (χ4v) is 1.92. The molecule has 7 heteroatoms. The van der Waals surface area contributed by atoms with Gasteiger partial charge in [0.1, 0.15) is 0 Å². The molecule has 108 valence electrons. The fraction of sp³-hybridized carbons (Fsp3) is 0.462. The van der Waals surface area contributed by atoms with Crippen LogP contribution < -0.4 is 0 Å². The van der Waals surface area contributed by atoms with Crippen molar-refractivity contribution in [2.45, 2.75) is 6.10 Å². The summed E-state index contributed by atoms with van der Waals surface area (Å²) in [4.78, 5) is 25.0. The highest BCUT2D eigenvalue weighted by Crippen LogP contribution is 2.08. The summed E-state index contributed by atoms with van der Waals surface area (Å²) in [5.41, 5.74) is 0.846. The Bertz CT molecular complexity index is 523. The number of ether oxygens (including phenoxy) is 2. The highest BCUT2D eigenvalue weighted by atomic mass is 16.6. The van der Waals surface area contributed by atoms with Gasteiger partial charge in [0.05, 0.1) is 26.5 Å². The Hall–Kier alpha value is -2.15. The molecule has 1 fully saturated rings. The number of aromatic nitrogens is 2. The van der Waals surface area contributed by atoms with Crippen molar-refractivity contribution in [3.63, 3.8) is 0 Å². The number of esters is 1. The predicted octanol–water partition coefficient (Wildman–Crippen LogP) is -0.166. The zero-order valence-electron chi connectivity index (χ0n) is 11.5. The summed E-state index contributed by atoms with van der Waals surface area (Å²) in [7, 11) is 3.11. The molecule has 1 aromatic heterocycles. The highest BCUT2D eigenvalue weighted by molar-refractivity contribution is 5.92. The number of rotatable bonds is 3. The van der Waals surface area contributed by atoms with E-state index in [1.807, 2.05) is 7.05 Å². The van der Waals surface area contributed by atoms with E-state index in [9.17, 15) is 9.59 Å². The van der Waals surface area contributed by atoms with Crippen molar-refractivity contribution in [3.05, 3.63) is 24.0 Å². The molecule has 0 spiro atoms. The second-order valence-corrected chi connectivity index (χ2v) is 4.45. The number of hydrogen-bond acceptors (Lipinski definition) is 5. The minimum absolute atomic E-state index is 0.161. The summed E-state index contributed by atoms with van der Waals surface area (Å²) in [6.45, 7) is 0.999. The number of morpholine rings is 1. The van der Waals surface area contributed by atoms with E-state index < -0.39 is 12.1 Å². The molecule has 1 atom stereocenters. The standard InChI is InChI=1S/C13H17N3O4/c1-15-8-10(7-14-15)3-4-12(17)16-5-6-20-11(9-16)13(18)19-2/h3-4,7-8,11H,5-6,9H2,1-2H3/b4-3+. The van der Waals surface area contributed by atoms with Crippen LogP contribution in [-0.2, 0) is 26.1 Å². The number of nitrogens with zero attached hydrogens (tertiary/aromatic N) is 3. The number of carbonyl (C=O) groups excluding carboxylic acids is 2. The third-order valence-corrected chi connectivity index (χ3v) is 2.99. The zero-order chi connectivity index (χ0) is 14.5. The average molecular weight is 279 g/mol. The lowest BCUT2D eigenvalue weighted by Crippen LogP contribution is -2.48. The van der Waals surface area contributed by atoms with E-state index in [2.05, 4.69) is 9.84 Å². The summed E-state index contributed by atoms with van der Waals surface area (Å²) < 4.78 is 11.5. The van der Waals surface area contributed by atoms with Gasteiger partial charge in [0.15, 0.2) is 6.10 Å². The van der Waals surface area contributed by atoms with Crippen molar-refractivity contribution in [1.82, 2.24) is 14.7 Å². The van der Waals surface area contributed by atoms with E-state index >= 15 is 0 Å². The van der Waals surface area contributed by atoms with Gasteiger partial charge < -0.3 is 14.4 Å². The molecule has 0 aliphatic carbocycles. The van der Waals surface area contributed by atoms with Crippen LogP contribution in [0, 0.1) is 0 Å². The van der Waals surface area contributed by atoms with Crippen molar-refractivity contribution in [1.29, 1.82) is 0 Å². The lowest BCUT2D eigenvalue weighted by molar-refractivity contribution is -0.161. The Labute approximate surface area is 116 Å². The molecule has 7 nitrogen and oxygen atoms in total. The quantitative estimate of drug-likeness (QED) is 0.567. The lowest BCUT2D eigenvalue weighted by atomic mass is 10.2. The minimum Gasteiger partial charge on any atom is -0.467 e. The molecule has 0 bridgehead atoms. The van der Waals surface area contributed by atoms with Gasteiger partial charge in [0.25, 0.3) is 0 Å². The SMILES string of the molecule is COC(=O)C1CN(C(=O)/C=C/c2cnn(C)c2)CCO1. The van der Waals surface area contributed by atoms with E-state index in [1.54, 1.807) is 28.1 Å². The maximum atomic E-state index is 12.0. The van der Waals surface area contributed by atoms with E-state index in [0.29, 0.717) is 13.2 Å². The third kappa shape index (κ3) is 3.45. The minimum atomic E-state index is -0.704. The third-order valence-electron chi connectivity index (χ3n) is 2.99. The average Bonchev–Trinajstić information content (AvgIpc) is 2.89. The Kier molecular flexibility index (Phi) is 4.52. The normalized spacial score (nSPS) is 19.3. The van der Waals surface area contributed by atoms with Gasteiger partial charge in [-0.3, -0.25) is 9.48 Å². The molecular formula is C13H17N3O4. The summed E-state index contributed by atoms with van der Waals surface area (Å²) in [5, 5.41) is 4.01. The van der Waals surface area contributed by atoms with Crippen LogP contribution in [0.4, 0.5) is 0 Å². The van der Waals surface area contributed by atoms with Crippen LogP contribution in [0.15, 0.2) is 18.5 Å². The summed E-state index contributed by atoms with van der Waals surface area (Å²) in [5.74, 6) is -0.621. The number of aryl methyl sites for hydroxylation is 1. The van der Waals surface area contributed by atoms with Crippen LogP contribution in [0.1, 0.15) is 5.56 Å². The summed E-state index contributed by atoms with van der Waals surface area (Å²) in [6, 6.07) is 0. The van der Waals surface area contributed by atoms with Crippen LogP contribution in [0.25, 0.3) is 6.08 Å². The Balaban J connectivity index is 1.95. The maximum absolute atomic E-state index is 12.0. The molecule has 0 N–H and O–H groups in total. The van der Waals surface area contributed by atoms with Gasteiger partial charge in [-0.2, -0.15) is 5.10 Å². The van der Waals surface area contributed by atoms with E-state index in [0.717, 1.165) is 5.56 Å². The summed E-state index contributed by atoms with van der Waals surface area (Å²) in [6.07, 6.45) is 5.93. The molecule has 1 amide bonds. The first-order chi connectivity index (χ1) is 9.60. The molecular weight excluding hydrogens is 262 g/mol. The van der Waals surface area contributed by atoms with Crippen molar-refractivity contribution in [3.8, 4) is 0 Å². The number of methoxy groups -OCH3 is 1. The Morgan fingerprint density at radius 2 is 2.35 bits per heavy atom. The zero-order valence-corrected chi connectivity index (χ0v) is 11.5. The van der Waals surface area contributed by atoms with Crippen LogP contribution in [-0.4, -0.2) is 59.5 Å². The van der Waals surface area contributed by atoms with Crippen LogP contribution in [0.5, 0.6) is 0 Å². The van der Waals surface area contributed by atoms with Gasteiger partial charge in [0, 0.05) is 31.4 Å². The maximum Gasteiger partial charge on any atom is 0.336 e. The van der Waals surface area contributed by atoms with Crippen LogP contribution in [0.2, 0.25) is 0 Å². The van der Waals surface area contributed by atoms with E-state index in [4.69, 9.17) is 4.74 Å².